The smallest absolute Gasteiger partial charge is 0.106 e. The monoisotopic (exact) mass is 262 g/mol. The van der Waals surface area contributed by atoms with Gasteiger partial charge in [-0.2, -0.15) is 0 Å². The lowest BCUT2D eigenvalue weighted by Crippen LogP contribution is -2.34. The van der Waals surface area contributed by atoms with Gasteiger partial charge < -0.3 is 10.6 Å². The molecular formula is C15H22N2S. The van der Waals surface area contributed by atoms with Gasteiger partial charge in [-0.15, -0.1) is 0 Å². The first kappa shape index (κ1) is 13.3. The highest BCUT2D eigenvalue weighted by Crippen LogP contribution is 2.31. The summed E-state index contributed by atoms with van der Waals surface area (Å²) in [7, 11) is 0. The fourth-order valence-corrected chi connectivity index (χ4v) is 2.81. The molecule has 0 bridgehead atoms. The average Bonchev–Trinajstić information content (AvgIpc) is 2.28. The number of aryl methyl sites for hydroxylation is 1. The molecule has 0 amide bonds. The van der Waals surface area contributed by atoms with Crippen molar-refractivity contribution in [3.63, 3.8) is 0 Å². The van der Waals surface area contributed by atoms with Gasteiger partial charge >= 0.3 is 0 Å². The van der Waals surface area contributed by atoms with Crippen LogP contribution in [0.2, 0.25) is 0 Å². The summed E-state index contributed by atoms with van der Waals surface area (Å²) in [6, 6.07) is 6.21. The van der Waals surface area contributed by atoms with Gasteiger partial charge in [0.15, 0.2) is 0 Å². The number of rotatable bonds is 5. The summed E-state index contributed by atoms with van der Waals surface area (Å²) in [6.07, 6.45) is 4.12. The molecule has 1 aromatic carbocycles. The molecule has 0 aliphatic heterocycles. The third-order valence-corrected chi connectivity index (χ3v) is 4.12. The van der Waals surface area contributed by atoms with Crippen LogP contribution in [0, 0.1) is 12.8 Å². The molecule has 1 saturated carbocycles. The Morgan fingerprint density at radius 3 is 2.67 bits per heavy atom. The predicted molar refractivity (Wildman–Crippen MR) is 82.3 cm³/mol. The predicted octanol–water partition coefficient (Wildman–Crippen LogP) is 3.26. The second-order valence-corrected chi connectivity index (χ2v) is 5.61. The van der Waals surface area contributed by atoms with Gasteiger partial charge in [-0.3, -0.25) is 0 Å². The molecule has 2 rings (SSSR count). The lowest BCUT2D eigenvalue weighted by atomic mass is 9.85. The zero-order valence-electron chi connectivity index (χ0n) is 11.3. The summed E-state index contributed by atoms with van der Waals surface area (Å²) in [6.45, 7) is 6.49. The highest BCUT2D eigenvalue weighted by molar-refractivity contribution is 7.80. The molecule has 0 unspecified atom stereocenters. The van der Waals surface area contributed by atoms with Crippen LogP contribution < -0.4 is 10.6 Å². The maximum atomic E-state index is 5.86. The largest absolute Gasteiger partial charge is 0.389 e. The van der Waals surface area contributed by atoms with Crippen molar-refractivity contribution in [1.29, 1.82) is 0 Å². The summed E-state index contributed by atoms with van der Waals surface area (Å²) in [5, 5.41) is 0. The molecule has 2 nitrogen and oxygen atoms in total. The van der Waals surface area contributed by atoms with E-state index in [-0.39, 0.29) is 0 Å². The van der Waals surface area contributed by atoms with Gasteiger partial charge in [-0.25, -0.2) is 0 Å². The lowest BCUT2D eigenvalue weighted by Gasteiger charge is -2.35. The molecule has 2 N–H and O–H groups in total. The lowest BCUT2D eigenvalue weighted by molar-refractivity contribution is 0.318. The third-order valence-electron chi connectivity index (χ3n) is 3.90. The number of nitrogens with two attached hydrogens (primary N) is 1. The van der Waals surface area contributed by atoms with Gasteiger partial charge in [0, 0.05) is 24.3 Å². The van der Waals surface area contributed by atoms with E-state index in [4.69, 9.17) is 18.0 Å². The Morgan fingerprint density at radius 2 is 2.17 bits per heavy atom. The Kier molecular flexibility index (Phi) is 4.23. The summed E-state index contributed by atoms with van der Waals surface area (Å²) in [5.74, 6) is 0.851. The van der Waals surface area contributed by atoms with Crippen LogP contribution >= 0.6 is 12.2 Å². The van der Waals surface area contributed by atoms with Crippen LogP contribution in [-0.4, -0.2) is 18.1 Å². The van der Waals surface area contributed by atoms with Gasteiger partial charge in [0.25, 0.3) is 0 Å². The number of hydrogen-bond donors (Lipinski definition) is 1. The van der Waals surface area contributed by atoms with Crippen molar-refractivity contribution in [3.8, 4) is 0 Å². The Balaban J connectivity index is 2.30. The molecule has 0 spiro atoms. The molecule has 1 aromatic rings. The summed E-state index contributed by atoms with van der Waals surface area (Å²) in [4.78, 5) is 2.94. The van der Waals surface area contributed by atoms with Crippen LogP contribution in [0.15, 0.2) is 18.2 Å². The zero-order valence-corrected chi connectivity index (χ0v) is 12.1. The molecule has 0 saturated heterocycles. The standard InChI is InChI=1S/C15H22N2S/c1-3-17(10-12-7-5-8-12)14-11(2)6-4-9-13(14)15(16)18/h4,6,9,12H,3,5,7-8,10H2,1-2H3,(H2,16,18). The molecule has 0 atom stereocenters. The molecule has 0 aromatic heterocycles. The SMILES string of the molecule is CCN(CC1CCC1)c1c(C)cccc1C(N)=S. The van der Waals surface area contributed by atoms with E-state index in [1.54, 1.807) is 0 Å². The number of thiocarbonyl (C=S) groups is 1. The first-order valence-corrected chi connectivity index (χ1v) is 7.18. The van der Waals surface area contributed by atoms with E-state index in [9.17, 15) is 0 Å². The van der Waals surface area contributed by atoms with Crippen molar-refractivity contribution in [2.24, 2.45) is 11.7 Å². The minimum atomic E-state index is 0.501. The van der Waals surface area contributed by atoms with Gasteiger partial charge in [0.1, 0.15) is 4.99 Å². The van der Waals surface area contributed by atoms with Gasteiger partial charge in [-0.1, -0.05) is 30.8 Å². The molecular weight excluding hydrogens is 240 g/mol. The Labute approximate surface area is 115 Å². The maximum Gasteiger partial charge on any atom is 0.106 e. The summed E-state index contributed by atoms with van der Waals surface area (Å²) >= 11 is 5.18. The number of nitrogens with zero attached hydrogens (tertiary/aromatic N) is 1. The van der Waals surface area contributed by atoms with Crippen LogP contribution in [0.5, 0.6) is 0 Å². The summed E-state index contributed by atoms with van der Waals surface area (Å²) in [5.41, 5.74) is 9.38. The van der Waals surface area contributed by atoms with Gasteiger partial charge in [0.2, 0.25) is 0 Å². The van der Waals surface area contributed by atoms with Gasteiger partial charge in [-0.05, 0) is 44.2 Å². The average molecular weight is 262 g/mol. The van der Waals surface area contributed by atoms with Crippen LogP contribution in [0.1, 0.15) is 37.3 Å². The number of benzene rings is 1. The second-order valence-electron chi connectivity index (χ2n) is 5.17. The van der Waals surface area contributed by atoms with Crippen LogP contribution in [0.4, 0.5) is 5.69 Å². The molecule has 1 aliphatic carbocycles. The molecule has 0 heterocycles. The van der Waals surface area contributed by atoms with E-state index in [0.717, 1.165) is 24.6 Å². The number of para-hydroxylation sites is 1. The highest BCUT2D eigenvalue weighted by Gasteiger charge is 2.22. The van der Waals surface area contributed by atoms with Crippen molar-refractivity contribution in [2.45, 2.75) is 33.1 Å². The van der Waals surface area contributed by atoms with E-state index in [2.05, 4.69) is 24.8 Å². The van der Waals surface area contributed by atoms with Crippen molar-refractivity contribution < 1.29 is 0 Å². The molecule has 0 radical (unpaired) electrons. The van der Waals surface area contributed by atoms with Crippen LogP contribution in [0.3, 0.4) is 0 Å². The van der Waals surface area contributed by atoms with E-state index in [1.165, 1.54) is 30.5 Å². The normalized spacial score (nSPS) is 15.2. The first-order valence-electron chi connectivity index (χ1n) is 6.77. The fraction of sp³-hybridized carbons (Fsp3) is 0.533. The molecule has 1 fully saturated rings. The van der Waals surface area contributed by atoms with E-state index in [0.29, 0.717) is 4.99 Å². The first-order chi connectivity index (χ1) is 8.63. The number of hydrogen-bond acceptors (Lipinski definition) is 2. The van der Waals surface area contributed by atoms with E-state index >= 15 is 0 Å². The van der Waals surface area contributed by atoms with E-state index in [1.807, 2.05) is 12.1 Å². The Bertz CT molecular complexity index is 438. The third kappa shape index (κ3) is 2.66. The fourth-order valence-electron chi connectivity index (χ4n) is 2.64. The minimum absolute atomic E-state index is 0.501. The van der Waals surface area contributed by atoms with Crippen LogP contribution in [0.25, 0.3) is 0 Å². The molecule has 3 heteroatoms. The van der Waals surface area contributed by atoms with Crippen molar-refractivity contribution in [3.05, 3.63) is 29.3 Å². The Morgan fingerprint density at radius 1 is 1.44 bits per heavy atom. The summed E-state index contributed by atoms with van der Waals surface area (Å²) < 4.78 is 0. The molecule has 18 heavy (non-hydrogen) atoms. The highest BCUT2D eigenvalue weighted by atomic mass is 32.1. The topological polar surface area (TPSA) is 29.3 Å². The molecule has 98 valence electrons. The quantitative estimate of drug-likeness (QED) is 0.826. The number of anilines is 1. The van der Waals surface area contributed by atoms with Crippen molar-refractivity contribution >= 4 is 22.9 Å². The van der Waals surface area contributed by atoms with E-state index < -0.39 is 0 Å². The molecule has 1 aliphatic rings. The maximum absolute atomic E-state index is 5.86. The van der Waals surface area contributed by atoms with Gasteiger partial charge in [0.05, 0.1) is 0 Å². The Hall–Kier alpha value is -1.09. The second kappa shape index (κ2) is 5.70. The van der Waals surface area contributed by atoms with Crippen molar-refractivity contribution in [2.75, 3.05) is 18.0 Å². The zero-order chi connectivity index (χ0) is 13.1. The van der Waals surface area contributed by atoms with Crippen LogP contribution in [-0.2, 0) is 0 Å². The van der Waals surface area contributed by atoms with Crippen molar-refractivity contribution in [1.82, 2.24) is 0 Å². The minimum Gasteiger partial charge on any atom is -0.389 e.